The predicted octanol–water partition coefficient (Wildman–Crippen LogP) is 4.93. The predicted molar refractivity (Wildman–Crippen MR) is 116 cm³/mol. The Morgan fingerprint density at radius 3 is 2.34 bits per heavy atom. The number of anilines is 1. The number of amides is 1. The van der Waals surface area contributed by atoms with Gasteiger partial charge in [0.1, 0.15) is 0 Å². The van der Waals surface area contributed by atoms with Gasteiger partial charge in [-0.2, -0.15) is 0 Å². The molecular weight excluding hydrogens is 382 g/mol. The van der Waals surface area contributed by atoms with Gasteiger partial charge in [0.15, 0.2) is 9.84 Å². The van der Waals surface area contributed by atoms with E-state index in [0.29, 0.717) is 17.5 Å². The van der Waals surface area contributed by atoms with Gasteiger partial charge in [-0.05, 0) is 60.2 Å². The van der Waals surface area contributed by atoms with Crippen LogP contribution in [0.5, 0.6) is 0 Å². The van der Waals surface area contributed by atoms with Crippen molar-refractivity contribution in [1.82, 2.24) is 0 Å². The van der Waals surface area contributed by atoms with Gasteiger partial charge in [0.05, 0.1) is 11.0 Å². The monoisotopic (exact) mass is 405 g/mol. The fourth-order valence-corrected chi connectivity index (χ4v) is 5.89. The lowest BCUT2D eigenvalue weighted by molar-refractivity contribution is 0.102. The minimum absolute atomic E-state index is 0.0212. The Hall–Kier alpha value is -2.92. The molecule has 29 heavy (non-hydrogen) atoms. The van der Waals surface area contributed by atoms with E-state index in [9.17, 15) is 13.2 Å². The maximum Gasteiger partial charge on any atom is 0.255 e. The van der Waals surface area contributed by atoms with Crippen LogP contribution in [-0.4, -0.2) is 14.3 Å². The second kappa shape index (κ2) is 8.21. The Kier molecular flexibility index (Phi) is 5.49. The van der Waals surface area contributed by atoms with Gasteiger partial charge in [-0.15, -0.1) is 0 Å². The first kappa shape index (κ1) is 19.4. The van der Waals surface area contributed by atoms with Gasteiger partial charge >= 0.3 is 0 Å². The zero-order valence-corrected chi connectivity index (χ0v) is 16.9. The first-order valence-corrected chi connectivity index (χ1v) is 11.5. The molecule has 0 saturated carbocycles. The van der Waals surface area contributed by atoms with Crippen molar-refractivity contribution < 1.29 is 13.2 Å². The number of rotatable bonds is 5. The van der Waals surface area contributed by atoms with E-state index in [1.807, 2.05) is 54.6 Å². The molecule has 1 atom stereocenters. The van der Waals surface area contributed by atoms with E-state index in [4.69, 9.17) is 0 Å². The van der Waals surface area contributed by atoms with Crippen molar-refractivity contribution in [3.8, 4) is 0 Å². The van der Waals surface area contributed by atoms with Crippen LogP contribution >= 0.6 is 0 Å². The van der Waals surface area contributed by atoms with E-state index >= 15 is 0 Å². The van der Waals surface area contributed by atoms with Crippen LogP contribution in [0.15, 0.2) is 78.9 Å². The Morgan fingerprint density at radius 2 is 1.59 bits per heavy atom. The highest BCUT2D eigenvalue weighted by Gasteiger charge is 2.31. The summed E-state index contributed by atoms with van der Waals surface area (Å²) in [5, 5.41) is 2.38. The van der Waals surface area contributed by atoms with E-state index in [-0.39, 0.29) is 11.7 Å². The molecule has 1 aliphatic rings. The van der Waals surface area contributed by atoms with Crippen LogP contribution < -0.4 is 5.32 Å². The molecule has 0 saturated heterocycles. The molecule has 1 N–H and O–H groups in total. The fraction of sp³-hybridized carbons (Fsp3) is 0.208. The summed E-state index contributed by atoms with van der Waals surface area (Å²) in [6.45, 7) is 0. The molecule has 3 aromatic carbocycles. The van der Waals surface area contributed by atoms with Crippen LogP contribution in [-0.2, 0) is 22.0 Å². The summed E-state index contributed by atoms with van der Waals surface area (Å²) in [6, 6.07) is 23.9. The molecule has 0 bridgehead atoms. The largest absolute Gasteiger partial charge is 0.322 e. The van der Waals surface area contributed by atoms with E-state index in [0.717, 1.165) is 29.7 Å². The molecule has 1 amide bonds. The number of fused-ring (bicyclic) bond motifs is 1. The van der Waals surface area contributed by atoms with E-state index in [1.54, 1.807) is 24.3 Å². The van der Waals surface area contributed by atoms with Gasteiger partial charge in [-0.25, -0.2) is 8.42 Å². The Balaban J connectivity index is 1.48. The lowest BCUT2D eigenvalue weighted by atomic mass is 9.91. The average Bonchev–Trinajstić information content (AvgIpc) is 2.74. The standard InChI is InChI=1S/C24H23NO3S/c26-24(25-21-9-2-1-3-10-21)20-15-13-18(14-16-20)17-29(27,28)23-12-6-8-19-7-4-5-11-22(19)23/h1-5,7,9-11,13-16,23H,6,8,12,17H2,(H,25,26). The average molecular weight is 406 g/mol. The fourth-order valence-electron chi connectivity index (χ4n) is 3.89. The number of carbonyl (C=O) groups excluding carboxylic acids is 1. The summed E-state index contributed by atoms with van der Waals surface area (Å²) >= 11 is 0. The molecule has 1 aliphatic carbocycles. The van der Waals surface area contributed by atoms with Crippen molar-refractivity contribution in [1.29, 1.82) is 0 Å². The third kappa shape index (κ3) is 4.40. The SMILES string of the molecule is O=C(Nc1ccccc1)c1ccc(CS(=O)(=O)C2CCCc3ccccc32)cc1. The van der Waals surface area contributed by atoms with Crippen LogP contribution in [0.2, 0.25) is 0 Å². The number of hydrogen-bond acceptors (Lipinski definition) is 3. The topological polar surface area (TPSA) is 63.2 Å². The third-order valence-electron chi connectivity index (χ3n) is 5.36. The van der Waals surface area contributed by atoms with Crippen LogP contribution in [0.1, 0.15) is 45.1 Å². The number of para-hydroxylation sites is 1. The smallest absolute Gasteiger partial charge is 0.255 e. The molecule has 3 aromatic rings. The molecule has 0 fully saturated rings. The van der Waals surface area contributed by atoms with Crippen molar-refractivity contribution >= 4 is 21.4 Å². The molecule has 0 aromatic heterocycles. The molecule has 4 rings (SSSR count). The number of nitrogens with one attached hydrogen (secondary N) is 1. The number of carbonyl (C=O) groups is 1. The van der Waals surface area contributed by atoms with Crippen molar-refractivity contribution in [3.63, 3.8) is 0 Å². The zero-order chi connectivity index (χ0) is 20.3. The highest BCUT2D eigenvalue weighted by Crippen LogP contribution is 2.37. The molecular formula is C24H23NO3S. The first-order chi connectivity index (χ1) is 14.0. The molecule has 148 valence electrons. The van der Waals surface area contributed by atoms with Crippen molar-refractivity contribution in [3.05, 3.63) is 101 Å². The maximum absolute atomic E-state index is 13.1. The lowest BCUT2D eigenvalue weighted by Gasteiger charge is -2.25. The second-order valence-electron chi connectivity index (χ2n) is 7.40. The summed E-state index contributed by atoms with van der Waals surface area (Å²) in [7, 11) is -3.33. The van der Waals surface area contributed by atoms with Gasteiger partial charge in [0.25, 0.3) is 5.91 Å². The van der Waals surface area contributed by atoms with Gasteiger partial charge in [0.2, 0.25) is 0 Å². The molecule has 4 nitrogen and oxygen atoms in total. The Morgan fingerprint density at radius 1 is 0.897 bits per heavy atom. The lowest BCUT2D eigenvalue weighted by Crippen LogP contribution is -2.20. The van der Waals surface area contributed by atoms with Crippen LogP contribution in [0.25, 0.3) is 0 Å². The maximum atomic E-state index is 13.1. The normalized spacial score (nSPS) is 16.1. The van der Waals surface area contributed by atoms with Crippen LogP contribution in [0.3, 0.4) is 0 Å². The molecule has 0 spiro atoms. The third-order valence-corrected chi connectivity index (χ3v) is 7.46. The summed E-state index contributed by atoms with van der Waals surface area (Å²) in [4.78, 5) is 12.4. The summed E-state index contributed by atoms with van der Waals surface area (Å²) in [6.07, 6.45) is 2.49. The minimum atomic E-state index is -3.33. The zero-order valence-electron chi connectivity index (χ0n) is 16.0. The van der Waals surface area contributed by atoms with Crippen LogP contribution in [0, 0.1) is 0 Å². The van der Waals surface area contributed by atoms with E-state index < -0.39 is 15.1 Å². The first-order valence-electron chi connectivity index (χ1n) is 9.78. The summed E-state index contributed by atoms with van der Waals surface area (Å²) in [5.74, 6) is -0.237. The molecule has 0 heterocycles. The van der Waals surface area contributed by atoms with E-state index in [1.165, 1.54) is 0 Å². The number of benzene rings is 3. The number of aryl methyl sites for hydroxylation is 1. The quantitative estimate of drug-likeness (QED) is 0.654. The molecule has 0 radical (unpaired) electrons. The number of sulfone groups is 1. The molecule has 5 heteroatoms. The molecule has 1 unspecified atom stereocenters. The highest BCUT2D eigenvalue weighted by atomic mass is 32.2. The number of hydrogen-bond donors (Lipinski definition) is 1. The highest BCUT2D eigenvalue weighted by molar-refractivity contribution is 7.90. The summed E-state index contributed by atoms with van der Waals surface area (Å²) in [5.41, 5.74) is 4.00. The van der Waals surface area contributed by atoms with E-state index in [2.05, 4.69) is 5.32 Å². The summed E-state index contributed by atoms with van der Waals surface area (Å²) < 4.78 is 26.2. The molecule has 0 aliphatic heterocycles. The Bertz CT molecular complexity index is 1110. The Labute approximate surface area is 171 Å². The van der Waals surface area contributed by atoms with Crippen molar-refractivity contribution in [2.24, 2.45) is 0 Å². The minimum Gasteiger partial charge on any atom is -0.322 e. The van der Waals surface area contributed by atoms with Crippen molar-refractivity contribution in [2.75, 3.05) is 5.32 Å². The van der Waals surface area contributed by atoms with Gasteiger partial charge in [-0.1, -0.05) is 54.6 Å². The second-order valence-corrected chi connectivity index (χ2v) is 9.59. The van der Waals surface area contributed by atoms with Crippen molar-refractivity contribution in [2.45, 2.75) is 30.3 Å². The van der Waals surface area contributed by atoms with Crippen LogP contribution in [0.4, 0.5) is 5.69 Å². The van der Waals surface area contributed by atoms with Gasteiger partial charge in [0, 0.05) is 11.3 Å². The van der Waals surface area contributed by atoms with Gasteiger partial charge < -0.3 is 5.32 Å². The van der Waals surface area contributed by atoms with Gasteiger partial charge in [-0.3, -0.25) is 4.79 Å².